The first kappa shape index (κ1) is 11.7. The molecule has 0 fully saturated rings. The molecule has 0 spiro atoms. The second-order valence-electron chi connectivity index (χ2n) is 3.90. The van der Waals surface area contributed by atoms with Crippen molar-refractivity contribution in [2.24, 2.45) is 5.41 Å². The van der Waals surface area contributed by atoms with Gasteiger partial charge in [0, 0.05) is 6.42 Å². The molecule has 5 nitrogen and oxygen atoms in total. The summed E-state index contributed by atoms with van der Waals surface area (Å²) in [6.07, 6.45) is -0.334. The Morgan fingerprint density at radius 1 is 1.23 bits per heavy atom. The fourth-order valence-corrected chi connectivity index (χ4v) is 0.698. The summed E-state index contributed by atoms with van der Waals surface area (Å²) in [5, 5.41) is 0. The molecule has 0 unspecified atom stereocenters. The molecule has 0 aromatic rings. The zero-order valence-corrected chi connectivity index (χ0v) is 8.43. The van der Waals surface area contributed by atoms with Crippen LogP contribution in [0.4, 0.5) is 4.79 Å². The van der Waals surface area contributed by atoms with Gasteiger partial charge in [0.15, 0.2) is 0 Å². The predicted octanol–water partition coefficient (Wildman–Crippen LogP) is 0.810. The number of hydrogen-bond acceptors (Lipinski definition) is 3. The largest absolute Gasteiger partial charge is 0.452 e. The molecule has 0 saturated heterocycles. The molecular formula is C8H16N2O3. The Hall–Kier alpha value is -1.26. The van der Waals surface area contributed by atoms with Crippen molar-refractivity contribution in [3.05, 3.63) is 0 Å². The molecule has 0 aromatic heterocycles. The van der Waals surface area contributed by atoms with E-state index >= 15 is 0 Å². The van der Waals surface area contributed by atoms with Gasteiger partial charge in [-0.05, 0) is 5.41 Å². The van der Waals surface area contributed by atoms with E-state index in [1.807, 2.05) is 20.8 Å². The highest BCUT2D eigenvalue weighted by Crippen LogP contribution is 2.17. The first-order chi connectivity index (χ1) is 5.85. The summed E-state index contributed by atoms with van der Waals surface area (Å²) in [5.74, 6) is -0.238. The fourth-order valence-electron chi connectivity index (χ4n) is 0.698. The van der Waals surface area contributed by atoms with Crippen molar-refractivity contribution >= 4 is 12.0 Å². The smallest absolute Gasteiger partial charge is 0.425 e. The number of methoxy groups -OCH3 is 1. The van der Waals surface area contributed by atoms with E-state index in [2.05, 4.69) is 15.6 Å². The third kappa shape index (κ3) is 7.11. The van der Waals surface area contributed by atoms with Gasteiger partial charge in [-0.3, -0.25) is 10.2 Å². The van der Waals surface area contributed by atoms with E-state index in [1.165, 1.54) is 7.11 Å². The number of amides is 2. The summed E-state index contributed by atoms with van der Waals surface area (Å²) >= 11 is 0. The predicted molar refractivity (Wildman–Crippen MR) is 47.8 cm³/mol. The van der Waals surface area contributed by atoms with Crippen molar-refractivity contribution in [1.29, 1.82) is 0 Å². The number of carbonyl (C=O) groups excluding carboxylic acids is 2. The second kappa shape index (κ2) is 4.69. The number of ether oxygens (including phenoxy) is 1. The van der Waals surface area contributed by atoms with E-state index in [1.54, 1.807) is 0 Å². The van der Waals surface area contributed by atoms with Gasteiger partial charge in [0.2, 0.25) is 5.91 Å². The summed E-state index contributed by atoms with van der Waals surface area (Å²) in [7, 11) is 1.23. The van der Waals surface area contributed by atoms with E-state index in [4.69, 9.17) is 0 Å². The number of rotatable bonds is 1. The molecule has 0 saturated carbocycles. The molecule has 0 bridgehead atoms. The highest BCUT2D eigenvalue weighted by atomic mass is 16.5. The lowest BCUT2D eigenvalue weighted by Gasteiger charge is -2.17. The minimum absolute atomic E-state index is 0.0954. The first-order valence-corrected chi connectivity index (χ1v) is 3.98. The quantitative estimate of drug-likeness (QED) is 0.598. The molecule has 0 radical (unpaired) electrons. The first-order valence-electron chi connectivity index (χ1n) is 3.98. The van der Waals surface area contributed by atoms with Crippen LogP contribution in [0.15, 0.2) is 0 Å². The van der Waals surface area contributed by atoms with Crippen molar-refractivity contribution in [2.45, 2.75) is 27.2 Å². The highest BCUT2D eigenvalue weighted by molar-refractivity contribution is 5.79. The average molecular weight is 188 g/mol. The van der Waals surface area contributed by atoms with Gasteiger partial charge in [0.05, 0.1) is 7.11 Å². The van der Waals surface area contributed by atoms with Gasteiger partial charge >= 0.3 is 6.09 Å². The minimum Gasteiger partial charge on any atom is -0.452 e. The van der Waals surface area contributed by atoms with Gasteiger partial charge in [-0.1, -0.05) is 20.8 Å². The summed E-state index contributed by atoms with van der Waals surface area (Å²) in [5.41, 5.74) is 4.23. The van der Waals surface area contributed by atoms with Crippen LogP contribution in [0.1, 0.15) is 27.2 Å². The molecule has 0 rings (SSSR count). The van der Waals surface area contributed by atoms with Gasteiger partial charge in [0.25, 0.3) is 0 Å². The van der Waals surface area contributed by atoms with Crippen molar-refractivity contribution in [3.8, 4) is 0 Å². The molecule has 0 aromatic carbocycles. The van der Waals surface area contributed by atoms with Crippen molar-refractivity contribution in [3.63, 3.8) is 0 Å². The maximum absolute atomic E-state index is 11.1. The van der Waals surface area contributed by atoms with Crippen LogP contribution in [0, 0.1) is 5.41 Å². The Labute approximate surface area is 77.8 Å². The maximum Gasteiger partial charge on any atom is 0.425 e. The van der Waals surface area contributed by atoms with Crippen molar-refractivity contribution in [1.82, 2.24) is 10.9 Å². The molecule has 5 heteroatoms. The van der Waals surface area contributed by atoms with Gasteiger partial charge < -0.3 is 4.74 Å². The van der Waals surface area contributed by atoms with Gasteiger partial charge in [-0.25, -0.2) is 10.2 Å². The Morgan fingerprint density at radius 2 is 1.77 bits per heavy atom. The highest BCUT2D eigenvalue weighted by Gasteiger charge is 2.15. The van der Waals surface area contributed by atoms with Crippen LogP contribution in [-0.4, -0.2) is 19.1 Å². The van der Waals surface area contributed by atoms with Crippen LogP contribution in [0.3, 0.4) is 0 Å². The van der Waals surface area contributed by atoms with E-state index in [-0.39, 0.29) is 11.3 Å². The van der Waals surface area contributed by atoms with Gasteiger partial charge in [-0.15, -0.1) is 0 Å². The third-order valence-electron chi connectivity index (χ3n) is 1.18. The van der Waals surface area contributed by atoms with Crippen LogP contribution < -0.4 is 10.9 Å². The Morgan fingerprint density at radius 3 is 2.15 bits per heavy atom. The zero-order valence-electron chi connectivity index (χ0n) is 8.43. The Balaban J connectivity index is 3.71. The van der Waals surface area contributed by atoms with E-state index < -0.39 is 6.09 Å². The molecule has 0 atom stereocenters. The molecule has 76 valence electrons. The topological polar surface area (TPSA) is 67.4 Å². The van der Waals surface area contributed by atoms with Crippen LogP contribution in [0.5, 0.6) is 0 Å². The number of carbonyl (C=O) groups is 2. The Bertz CT molecular complexity index is 196. The fraction of sp³-hybridized carbons (Fsp3) is 0.750. The van der Waals surface area contributed by atoms with Crippen LogP contribution in [0.25, 0.3) is 0 Å². The molecule has 0 aliphatic rings. The maximum atomic E-state index is 11.1. The van der Waals surface area contributed by atoms with E-state index in [0.29, 0.717) is 6.42 Å². The minimum atomic E-state index is -0.678. The molecule has 0 heterocycles. The van der Waals surface area contributed by atoms with Crippen LogP contribution in [0.2, 0.25) is 0 Å². The lowest BCUT2D eigenvalue weighted by molar-refractivity contribution is -0.123. The number of nitrogens with one attached hydrogen (secondary N) is 2. The van der Waals surface area contributed by atoms with E-state index in [9.17, 15) is 9.59 Å². The lowest BCUT2D eigenvalue weighted by atomic mass is 9.92. The number of hydrazine groups is 1. The third-order valence-corrected chi connectivity index (χ3v) is 1.18. The molecule has 2 N–H and O–H groups in total. The van der Waals surface area contributed by atoms with E-state index in [0.717, 1.165) is 0 Å². The lowest BCUT2D eigenvalue weighted by Crippen LogP contribution is -2.42. The van der Waals surface area contributed by atoms with Gasteiger partial charge in [-0.2, -0.15) is 0 Å². The summed E-state index contributed by atoms with van der Waals surface area (Å²) in [4.78, 5) is 21.6. The SMILES string of the molecule is COC(=O)NNC(=O)CC(C)(C)C. The second-order valence-corrected chi connectivity index (χ2v) is 3.90. The normalized spacial score (nSPS) is 10.5. The van der Waals surface area contributed by atoms with Gasteiger partial charge in [0.1, 0.15) is 0 Å². The molecule has 2 amide bonds. The Kier molecular flexibility index (Phi) is 4.23. The molecule has 13 heavy (non-hydrogen) atoms. The monoisotopic (exact) mass is 188 g/mol. The van der Waals surface area contributed by atoms with Crippen molar-refractivity contribution < 1.29 is 14.3 Å². The molecule has 0 aliphatic carbocycles. The number of hydrogen-bond donors (Lipinski definition) is 2. The summed E-state index contributed by atoms with van der Waals surface area (Å²) < 4.78 is 4.27. The van der Waals surface area contributed by atoms with Crippen LogP contribution >= 0.6 is 0 Å². The molecule has 0 aliphatic heterocycles. The molecular weight excluding hydrogens is 172 g/mol. The zero-order chi connectivity index (χ0) is 10.5. The van der Waals surface area contributed by atoms with Crippen molar-refractivity contribution in [2.75, 3.05) is 7.11 Å². The summed E-state index contributed by atoms with van der Waals surface area (Å²) in [6, 6.07) is 0. The van der Waals surface area contributed by atoms with Crippen LogP contribution in [-0.2, 0) is 9.53 Å². The standard InChI is InChI=1S/C8H16N2O3/c1-8(2,3)5-6(11)9-10-7(12)13-4/h5H2,1-4H3,(H,9,11)(H,10,12). The average Bonchev–Trinajstić information content (AvgIpc) is 1.97. The summed E-state index contributed by atoms with van der Waals surface area (Å²) in [6.45, 7) is 5.81.